The van der Waals surface area contributed by atoms with Crippen LogP contribution in [0.3, 0.4) is 0 Å². The predicted molar refractivity (Wildman–Crippen MR) is 124 cm³/mol. The number of benzene rings is 1. The molecule has 0 spiro atoms. The van der Waals surface area contributed by atoms with Gasteiger partial charge in [0.2, 0.25) is 10.0 Å². The van der Waals surface area contributed by atoms with E-state index in [2.05, 4.69) is 15.3 Å². The topological polar surface area (TPSA) is 104 Å². The molecule has 0 saturated heterocycles. The van der Waals surface area contributed by atoms with Crippen LogP contribution in [-0.2, 0) is 16.4 Å². The Morgan fingerprint density at radius 1 is 1.20 bits per heavy atom. The van der Waals surface area contributed by atoms with Crippen molar-refractivity contribution in [2.45, 2.75) is 68.1 Å². The van der Waals surface area contributed by atoms with Gasteiger partial charge in [-0.1, -0.05) is 19.1 Å². The molecule has 2 aromatic heterocycles. The number of alkyl halides is 3. The maximum Gasteiger partial charge on any atom is 0.407 e. The van der Waals surface area contributed by atoms with E-state index in [1.54, 1.807) is 6.20 Å². The van der Waals surface area contributed by atoms with Gasteiger partial charge in [0.05, 0.1) is 16.2 Å². The van der Waals surface area contributed by atoms with Crippen LogP contribution in [0, 0.1) is 0 Å². The van der Waals surface area contributed by atoms with Crippen LogP contribution in [-0.4, -0.2) is 42.0 Å². The average Bonchev–Trinajstić information content (AvgIpc) is 3.47. The van der Waals surface area contributed by atoms with Crippen molar-refractivity contribution in [1.29, 1.82) is 0 Å². The Bertz CT molecular complexity index is 1390. The molecule has 2 fully saturated rings. The highest BCUT2D eigenvalue weighted by molar-refractivity contribution is 7.89. The predicted octanol–water partition coefficient (Wildman–Crippen LogP) is 4.45. The van der Waals surface area contributed by atoms with Gasteiger partial charge in [0.25, 0.3) is 5.91 Å². The number of halogens is 3. The van der Waals surface area contributed by atoms with Gasteiger partial charge >= 0.3 is 6.18 Å². The van der Waals surface area contributed by atoms with E-state index in [-0.39, 0.29) is 29.7 Å². The van der Waals surface area contributed by atoms with E-state index in [0.717, 1.165) is 31.2 Å². The number of aromatic amines is 1. The Kier molecular flexibility index (Phi) is 5.67. The molecule has 186 valence electrons. The highest BCUT2D eigenvalue weighted by Crippen LogP contribution is 2.49. The lowest BCUT2D eigenvalue weighted by Crippen LogP contribution is -2.47. The summed E-state index contributed by atoms with van der Waals surface area (Å²) in [7, 11) is -4.38. The second kappa shape index (κ2) is 8.34. The summed E-state index contributed by atoms with van der Waals surface area (Å²) in [6.07, 6.45) is 0.147. The third-order valence-electron chi connectivity index (χ3n) is 6.86. The molecule has 0 bridgehead atoms. The van der Waals surface area contributed by atoms with E-state index in [0.29, 0.717) is 27.9 Å². The number of amides is 1. The lowest BCUT2D eigenvalue weighted by Gasteiger charge is -2.26. The molecule has 2 heterocycles. The quantitative estimate of drug-likeness (QED) is 0.441. The van der Waals surface area contributed by atoms with Crippen LogP contribution in [0.15, 0.2) is 41.4 Å². The number of hydrogen-bond acceptors (Lipinski definition) is 4. The van der Waals surface area contributed by atoms with Crippen LogP contribution < -0.4 is 10.0 Å². The summed E-state index contributed by atoms with van der Waals surface area (Å²) in [6, 6.07) is 7.47. The number of nitrogens with zero attached hydrogens (tertiary/aromatic N) is 1. The van der Waals surface area contributed by atoms with Crippen molar-refractivity contribution in [2.24, 2.45) is 0 Å². The average molecular weight is 507 g/mol. The number of aryl methyl sites for hydroxylation is 1. The number of nitrogens with one attached hydrogen (secondary N) is 3. The number of hydrogen-bond donors (Lipinski definition) is 3. The Morgan fingerprint density at radius 2 is 1.89 bits per heavy atom. The molecule has 3 aromatic rings. The van der Waals surface area contributed by atoms with Crippen molar-refractivity contribution >= 4 is 27.0 Å². The van der Waals surface area contributed by atoms with Gasteiger partial charge < -0.3 is 10.3 Å². The normalized spacial score (nSPS) is 17.8. The first kappa shape index (κ1) is 23.8. The van der Waals surface area contributed by atoms with Gasteiger partial charge in [-0.15, -0.1) is 0 Å². The summed E-state index contributed by atoms with van der Waals surface area (Å²) in [5.74, 6) is -0.245. The fraction of sp³-hybridized carbons (Fsp3) is 0.417. The SMILES string of the molecule is CCc1cnc2[nH]c(-c3ccc(S(=O)(=O)NC4(C(F)(F)F)CC4)cc3)c(C(=O)NC3CCC3)c2c1. The number of H-pyrrole nitrogens is 1. The van der Waals surface area contributed by atoms with Gasteiger partial charge in [0, 0.05) is 17.6 Å². The number of fused-ring (bicyclic) bond motifs is 1. The Balaban J connectivity index is 1.50. The van der Waals surface area contributed by atoms with Gasteiger partial charge in [-0.3, -0.25) is 4.79 Å². The Hall–Kier alpha value is -2.92. The van der Waals surface area contributed by atoms with Crippen molar-refractivity contribution in [3.8, 4) is 11.3 Å². The summed E-state index contributed by atoms with van der Waals surface area (Å²) >= 11 is 0. The molecule has 0 unspecified atom stereocenters. The Morgan fingerprint density at radius 3 is 2.43 bits per heavy atom. The number of carbonyl (C=O) groups is 1. The summed E-state index contributed by atoms with van der Waals surface area (Å²) in [6.45, 7) is 1.99. The van der Waals surface area contributed by atoms with E-state index in [9.17, 15) is 26.4 Å². The van der Waals surface area contributed by atoms with E-state index in [1.165, 1.54) is 24.3 Å². The smallest absolute Gasteiger partial charge is 0.349 e. The van der Waals surface area contributed by atoms with Gasteiger partial charge in [-0.2, -0.15) is 17.9 Å². The first-order chi connectivity index (χ1) is 16.5. The third kappa shape index (κ3) is 4.31. The van der Waals surface area contributed by atoms with Gasteiger partial charge in [0.15, 0.2) is 0 Å². The fourth-order valence-corrected chi connectivity index (χ4v) is 5.70. The minimum absolute atomic E-state index is 0.115. The largest absolute Gasteiger partial charge is 0.407 e. The van der Waals surface area contributed by atoms with Gasteiger partial charge in [0.1, 0.15) is 11.2 Å². The highest BCUT2D eigenvalue weighted by Gasteiger charge is 2.65. The molecule has 0 aliphatic heterocycles. The lowest BCUT2D eigenvalue weighted by molar-refractivity contribution is -0.160. The van der Waals surface area contributed by atoms with Crippen LogP contribution in [0.1, 0.15) is 54.9 Å². The molecule has 11 heteroatoms. The zero-order valence-corrected chi connectivity index (χ0v) is 19.8. The first-order valence-corrected chi connectivity index (χ1v) is 13.0. The number of pyridine rings is 1. The van der Waals surface area contributed by atoms with Crippen molar-refractivity contribution in [1.82, 2.24) is 20.0 Å². The summed E-state index contributed by atoms with van der Waals surface area (Å²) in [5, 5.41) is 3.70. The van der Waals surface area contributed by atoms with Crippen molar-refractivity contribution < 1.29 is 26.4 Å². The minimum Gasteiger partial charge on any atom is -0.349 e. The molecule has 5 rings (SSSR count). The second-order valence-electron chi connectivity index (χ2n) is 9.28. The third-order valence-corrected chi connectivity index (χ3v) is 8.41. The number of carbonyl (C=O) groups excluding carboxylic acids is 1. The van der Waals surface area contributed by atoms with Crippen LogP contribution in [0.5, 0.6) is 0 Å². The molecular formula is C24H25F3N4O3S. The molecule has 3 N–H and O–H groups in total. The van der Waals surface area contributed by atoms with E-state index in [4.69, 9.17) is 0 Å². The molecule has 35 heavy (non-hydrogen) atoms. The summed E-state index contributed by atoms with van der Waals surface area (Å²) < 4.78 is 66.8. The van der Waals surface area contributed by atoms with E-state index < -0.39 is 21.7 Å². The number of rotatable bonds is 7. The van der Waals surface area contributed by atoms with Gasteiger partial charge in [-0.25, -0.2) is 13.4 Å². The molecule has 0 atom stereocenters. The van der Waals surface area contributed by atoms with Crippen LogP contribution in [0.25, 0.3) is 22.3 Å². The molecule has 1 amide bonds. The van der Waals surface area contributed by atoms with Crippen molar-refractivity contribution in [3.05, 3.63) is 47.7 Å². The van der Waals surface area contributed by atoms with E-state index >= 15 is 0 Å². The Labute approximate surface area is 200 Å². The number of aromatic nitrogens is 2. The summed E-state index contributed by atoms with van der Waals surface area (Å²) in [5.41, 5.74) is 0.510. The molecule has 1 aromatic carbocycles. The standard InChI is InChI=1S/C24H25F3N4O3S/c1-2-14-12-18-19(22(32)29-16-4-3-5-16)20(30-21(18)28-13-14)15-6-8-17(9-7-15)35(33,34)31-23(10-11-23)24(25,26)27/h6-9,12-13,16,31H,2-5,10-11H2,1H3,(H,28,30)(H,29,32). The second-order valence-corrected chi connectivity index (χ2v) is 11.0. The molecule has 2 saturated carbocycles. The molecule has 2 aliphatic carbocycles. The zero-order valence-electron chi connectivity index (χ0n) is 19.0. The molecular weight excluding hydrogens is 481 g/mol. The van der Waals surface area contributed by atoms with Crippen molar-refractivity contribution in [3.63, 3.8) is 0 Å². The van der Waals surface area contributed by atoms with Crippen LogP contribution in [0.4, 0.5) is 13.2 Å². The summed E-state index contributed by atoms with van der Waals surface area (Å²) in [4.78, 5) is 20.5. The lowest BCUT2D eigenvalue weighted by atomic mass is 9.92. The van der Waals surface area contributed by atoms with E-state index in [1.807, 2.05) is 17.7 Å². The number of sulfonamides is 1. The monoisotopic (exact) mass is 506 g/mol. The maximum atomic E-state index is 13.2. The fourth-order valence-electron chi connectivity index (χ4n) is 4.25. The van der Waals surface area contributed by atoms with Gasteiger partial charge in [-0.05, 0) is 67.9 Å². The van der Waals surface area contributed by atoms with Crippen molar-refractivity contribution in [2.75, 3.05) is 0 Å². The van der Waals surface area contributed by atoms with Crippen LogP contribution >= 0.6 is 0 Å². The molecule has 0 radical (unpaired) electrons. The van der Waals surface area contributed by atoms with Crippen LogP contribution in [0.2, 0.25) is 0 Å². The first-order valence-electron chi connectivity index (χ1n) is 11.6. The maximum absolute atomic E-state index is 13.2. The minimum atomic E-state index is -4.66. The molecule has 2 aliphatic rings. The highest BCUT2D eigenvalue weighted by atomic mass is 32.2. The molecule has 7 nitrogen and oxygen atoms in total. The zero-order chi connectivity index (χ0) is 25.0.